The first kappa shape index (κ1) is 24.3. The van der Waals surface area contributed by atoms with E-state index in [2.05, 4.69) is 20.9 Å². The summed E-state index contributed by atoms with van der Waals surface area (Å²) in [5, 5.41) is 18.3. The number of benzene rings is 2. The maximum absolute atomic E-state index is 12.7. The normalized spacial score (nSPS) is 15.8. The second kappa shape index (κ2) is 10.5. The van der Waals surface area contributed by atoms with E-state index in [1.807, 2.05) is 0 Å². The van der Waals surface area contributed by atoms with Crippen molar-refractivity contribution in [2.75, 3.05) is 20.3 Å². The summed E-state index contributed by atoms with van der Waals surface area (Å²) < 4.78 is 11.4. The first-order valence-corrected chi connectivity index (χ1v) is 11.2. The highest BCUT2D eigenvalue weighted by molar-refractivity contribution is 9.10. The number of aliphatic imine (C=N–C) groups is 1. The van der Waals surface area contributed by atoms with Crippen LogP contribution in [0.3, 0.4) is 0 Å². The number of nitrogens with zero attached hydrogens (tertiary/aromatic N) is 2. The van der Waals surface area contributed by atoms with Crippen LogP contribution in [0.5, 0.6) is 11.5 Å². The first-order valence-electron chi connectivity index (χ1n) is 9.60. The Morgan fingerprint density at radius 3 is 2.48 bits per heavy atom. The van der Waals surface area contributed by atoms with Crippen molar-refractivity contribution in [2.45, 2.75) is 6.92 Å². The summed E-state index contributed by atoms with van der Waals surface area (Å²) in [6.45, 7) is 1.60. The number of halogens is 1. The molecule has 1 saturated heterocycles. The molecule has 33 heavy (non-hydrogen) atoms. The average molecular weight is 535 g/mol. The Balaban J connectivity index is 1.89. The van der Waals surface area contributed by atoms with E-state index in [9.17, 15) is 14.4 Å². The smallest absolute Gasteiger partial charge is 0.341 e. The fraction of sp³-hybridized carbons (Fsp3) is 0.182. The molecule has 0 radical (unpaired) electrons. The summed E-state index contributed by atoms with van der Waals surface area (Å²) >= 11 is 4.55. The SMILES string of the molecule is CCOc1cc(/C=C2\SC(=Nc3ccc(C(=O)O)cc3)N(C)C2=O)cc(Br)c1OCC(=O)O. The highest BCUT2D eigenvalue weighted by Crippen LogP contribution is 2.39. The van der Waals surface area contributed by atoms with Crippen molar-refractivity contribution in [1.29, 1.82) is 0 Å². The standard InChI is InChI=1S/C22H19BrN2O7S/c1-3-31-16-9-12(8-15(23)19(16)32-11-18(26)27)10-17-20(28)25(2)22(33-17)24-14-6-4-13(5-7-14)21(29)30/h4-10H,3,11H2,1-2H3,(H,26,27)(H,29,30)/b17-10-,24-22?. The second-order valence-electron chi connectivity index (χ2n) is 6.67. The summed E-state index contributed by atoms with van der Waals surface area (Å²) in [5.74, 6) is -1.79. The van der Waals surface area contributed by atoms with Gasteiger partial charge in [0.2, 0.25) is 0 Å². The van der Waals surface area contributed by atoms with Gasteiger partial charge >= 0.3 is 11.9 Å². The number of amidine groups is 1. The van der Waals surface area contributed by atoms with Crippen molar-refractivity contribution in [2.24, 2.45) is 4.99 Å². The Kier molecular flexibility index (Phi) is 7.77. The lowest BCUT2D eigenvalue weighted by atomic mass is 10.2. The minimum atomic E-state index is -1.11. The number of amides is 1. The zero-order valence-electron chi connectivity index (χ0n) is 17.6. The van der Waals surface area contributed by atoms with E-state index in [1.165, 1.54) is 28.8 Å². The molecule has 11 heteroatoms. The lowest BCUT2D eigenvalue weighted by Gasteiger charge is -2.13. The number of rotatable bonds is 8. The number of carbonyl (C=O) groups excluding carboxylic acids is 1. The van der Waals surface area contributed by atoms with Crippen molar-refractivity contribution >= 4 is 62.5 Å². The molecule has 0 saturated carbocycles. The van der Waals surface area contributed by atoms with Gasteiger partial charge in [-0.15, -0.1) is 0 Å². The molecule has 2 N–H and O–H groups in total. The van der Waals surface area contributed by atoms with Gasteiger partial charge in [-0.2, -0.15) is 0 Å². The summed E-state index contributed by atoms with van der Waals surface area (Å²) in [6.07, 6.45) is 1.67. The number of carbonyl (C=O) groups is 3. The Morgan fingerprint density at radius 1 is 1.18 bits per heavy atom. The quantitative estimate of drug-likeness (QED) is 0.481. The highest BCUT2D eigenvalue weighted by Gasteiger charge is 2.30. The molecule has 0 atom stereocenters. The van der Waals surface area contributed by atoms with E-state index in [0.29, 0.717) is 38.2 Å². The monoisotopic (exact) mass is 534 g/mol. The predicted molar refractivity (Wildman–Crippen MR) is 127 cm³/mol. The van der Waals surface area contributed by atoms with Gasteiger partial charge in [-0.05, 0) is 82.7 Å². The van der Waals surface area contributed by atoms with Gasteiger partial charge in [0.05, 0.1) is 27.2 Å². The Hall–Kier alpha value is -3.31. The molecule has 0 bridgehead atoms. The Morgan fingerprint density at radius 2 is 1.88 bits per heavy atom. The molecule has 2 aromatic rings. The zero-order valence-corrected chi connectivity index (χ0v) is 20.0. The van der Waals surface area contributed by atoms with Gasteiger partial charge < -0.3 is 19.7 Å². The highest BCUT2D eigenvalue weighted by atomic mass is 79.9. The third-order valence-electron chi connectivity index (χ3n) is 4.31. The lowest BCUT2D eigenvalue weighted by Crippen LogP contribution is -2.23. The van der Waals surface area contributed by atoms with Gasteiger partial charge in [0, 0.05) is 7.05 Å². The van der Waals surface area contributed by atoms with E-state index in [1.54, 1.807) is 44.3 Å². The number of thioether (sulfide) groups is 1. The van der Waals surface area contributed by atoms with E-state index >= 15 is 0 Å². The molecule has 1 heterocycles. The molecule has 172 valence electrons. The molecular weight excluding hydrogens is 516 g/mol. The molecule has 0 aromatic heterocycles. The number of aliphatic carboxylic acids is 1. The van der Waals surface area contributed by atoms with Crippen LogP contribution in [0.2, 0.25) is 0 Å². The molecule has 1 aliphatic rings. The van der Waals surface area contributed by atoms with Gasteiger partial charge in [-0.25, -0.2) is 14.6 Å². The largest absolute Gasteiger partial charge is 0.490 e. The third kappa shape index (κ3) is 5.93. The number of ether oxygens (including phenoxy) is 2. The third-order valence-corrected chi connectivity index (χ3v) is 5.96. The van der Waals surface area contributed by atoms with Crippen LogP contribution >= 0.6 is 27.7 Å². The fourth-order valence-corrected chi connectivity index (χ4v) is 4.36. The van der Waals surface area contributed by atoms with Crippen molar-refractivity contribution in [3.63, 3.8) is 0 Å². The van der Waals surface area contributed by atoms with Crippen LogP contribution in [-0.4, -0.2) is 58.4 Å². The van der Waals surface area contributed by atoms with E-state index in [4.69, 9.17) is 19.7 Å². The number of hydrogen-bond donors (Lipinski definition) is 2. The van der Waals surface area contributed by atoms with Crippen LogP contribution < -0.4 is 9.47 Å². The summed E-state index contributed by atoms with van der Waals surface area (Å²) in [5.41, 5.74) is 1.31. The zero-order chi connectivity index (χ0) is 24.1. The summed E-state index contributed by atoms with van der Waals surface area (Å²) in [7, 11) is 1.60. The summed E-state index contributed by atoms with van der Waals surface area (Å²) in [4.78, 5) is 40.9. The van der Waals surface area contributed by atoms with Gasteiger partial charge in [0.15, 0.2) is 23.3 Å². The van der Waals surface area contributed by atoms with E-state index in [-0.39, 0.29) is 17.2 Å². The van der Waals surface area contributed by atoms with Crippen molar-refractivity contribution in [3.8, 4) is 11.5 Å². The lowest BCUT2D eigenvalue weighted by molar-refractivity contribution is -0.139. The van der Waals surface area contributed by atoms with Crippen LogP contribution in [0, 0.1) is 0 Å². The van der Waals surface area contributed by atoms with Crippen molar-refractivity contribution in [3.05, 3.63) is 56.9 Å². The van der Waals surface area contributed by atoms with E-state index < -0.39 is 18.5 Å². The van der Waals surface area contributed by atoms with Crippen LogP contribution in [0.1, 0.15) is 22.8 Å². The number of carboxylic acid groups (broad SMARTS) is 2. The molecule has 1 aliphatic heterocycles. The molecule has 1 fully saturated rings. The van der Waals surface area contributed by atoms with Gasteiger partial charge in [-0.1, -0.05) is 0 Å². The minimum absolute atomic E-state index is 0.148. The van der Waals surface area contributed by atoms with Crippen molar-refractivity contribution < 1.29 is 34.1 Å². The Labute approximate surface area is 201 Å². The number of hydrogen-bond acceptors (Lipinski definition) is 7. The predicted octanol–water partition coefficient (Wildman–Crippen LogP) is 4.24. The maximum Gasteiger partial charge on any atom is 0.341 e. The molecule has 0 aliphatic carbocycles. The number of aromatic carboxylic acids is 1. The number of likely N-dealkylation sites (N-methyl/N-ethyl adjacent to an activating group) is 1. The van der Waals surface area contributed by atoms with Gasteiger partial charge in [0.25, 0.3) is 5.91 Å². The molecule has 0 spiro atoms. The van der Waals surface area contributed by atoms with Gasteiger partial charge in [0.1, 0.15) is 0 Å². The Bertz CT molecular complexity index is 1160. The molecule has 1 amide bonds. The van der Waals surface area contributed by atoms with Crippen LogP contribution in [0.15, 0.2) is 50.8 Å². The molecule has 0 unspecified atom stereocenters. The molecule has 3 rings (SSSR count). The minimum Gasteiger partial charge on any atom is -0.490 e. The maximum atomic E-state index is 12.7. The average Bonchev–Trinajstić information content (AvgIpc) is 3.01. The molecule has 9 nitrogen and oxygen atoms in total. The second-order valence-corrected chi connectivity index (χ2v) is 8.53. The van der Waals surface area contributed by atoms with Crippen molar-refractivity contribution in [1.82, 2.24) is 4.90 Å². The van der Waals surface area contributed by atoms with Crippen LogP contribution in [0.25, 0.3) is 6.08 Å². The molecule has 2 aromatic carbocycles. The number of carboxylic acids is 2. The topological polar surface area (TPSA) is 126 Å². The van der Waals surface area contributed by atoms with E-state index in [0.717, 1.165) is 0 Å². The fourth-order valence-electron chi connectivity index (χ4n) is 2.80. The van der Waals surface area contributed by atoms with Crippen LogP contribution in [0.4, 0.5) is 5.69 Å². The first-order chi connectivity index (χ1) is 15.7. The van der Waals surface area contributed by atoms with Gasteiger partial charge in [-0.3, -0.25) is 9.69 Å². The van der Waals surface area contributed by atoms with Crippen LogP contribution in [-0.2, 0) is 9.59 Å². The summed E-state index contributed by atoms with van der Waals surface area (Å²) in [6, 6.07) is 9.38. The molecular formula is C22H19BrN2O7S.